The zero-order valence-corrected chi connectivity index (χ0v) is 14.9. The van der Waals surface area contributed by atoms with Crippen LogP contribution >= 0.6 is 11.6 Å². The first-order valence-electron chi connectivity index (χ1n) is 7.70. The third kappa shape index (κ3) is 6.07. The fourth-order valence-electron chi connectivity index (χ4n) is 2.07. The van der Waals surface area contributed by atoms with Gasteiger partial charge >= 0.3 is 12.3 Å². The smallest absolute Gasteiger partial charge is 0.330 e. The van der Waals surface area contributed by atoms with Crippen molar-refractivity contribution < 1.29 is 27.1 Å². The Bertz CT molecular complexity index is 805. The normalized spacial score (nSPS) is 11.5. The predicted octanol–water partition coefficient (Wildman–Crippen LogP) is 4.45. The van der Waals surface area contributed by atoms with Crippen LogP contribution in [0.5, 0.6) is 0 Å². The number of rotatable bonds is 8. The number of carbonyl (C=O) groups is 1. The Morgan fingerprint density at radius 1 is 1.30 bits per heavy atom. The molecule has 2 aromatic rings. The molecule has 1 heterocycles. The second-order valence-electron chi connectivity index (χ2n) is 5.52. The Labute approximate surface area is 157 Å². The van der Waals surface area contributed by atoms with E-state index < -0.39 is 24.9 Å². The number of aromatic nitrogens is 1. The quantitative estimate of drug-likeness (QED) is 0.503. The lowest BCUT2D eigenvalue weighted by Gasteiger charge is -2.15. The summed E-state index contributed by atoms with van der Waals surface area (Å²) < 4.78 is 54.5. The molecule has 0 saturated carbocycles. The highest BCUT2D eigenvalue weighted by molar-refractivity contribution is 6.30. The van der Waals surface area contributed by atoms with Crippen LogP contribution in [0.2, 0.25) is 5.15 Å². The van der Waals surface area contributed by atoms with Crippen molar-refractivity contribution in [1.82, 2.24) is 4.98 Å². The second-order valence-corrected chi connectivity index (χ2v) is 5.91. The van der Waals surface area contributed by atoms with Gasteiger partial charge in [-0.2, -0.15) is 8.78 Å². The summed E-state index contributed by atoms with van der Waals surface area (Å²) in [5, 5.41) is 5.53. The van der Waals surface area contributed by atoms with Gasteiger partial charge in [-0.25, -0.2) is 13.8 Å². The van der Waals surface area contributed by atoms with Gasteiger partial charge < -0.3 is 15.4 Å². The Balaban J connectivity index is 2.01. The standard InChI is InChI=1S/C17H16ClF4N3O2/c1-23-14-7-11(6-13(18)25-14)15(26)24-12-4-2-3-10(5-12)8-27-9-17(21,22)16(19)20/h2-7,16H,8-9H2,1H3,(H,23,25)(H,24,26). The lowest BCUT2D eigenvalue weighted by atomic mass is 10.2. The number of amides is 1. The van der Waals surface area contributed by atoms with E-state index in [0.717, 1.165) is 0 Å². The van der Waals surface area contributed by atoms with Crippen molar-refractivity contribution in [3.8, 4) is 0 Å². The molecule has 1 amide bonds. The molecule has 0 radical (unpaired) electrons. The van der Waals surface area contributed by atoms with Crippen molar-refractivity contribution in [3.63, 3.8) is 0 Å². The number of pyridine rings is 1. The van der Waals surface area contributed by atoms with Crippen molar-refractivity contribution in [1.29, 1.82) is 0 Å². The second kappa shape index (κ2) is 9.01. The van der Waals surface area contributed by atoms with Gasteiger partial charge in [-0.15, -0.1) is 0 Å². The van der Waals surface area contributed by atoms with Crippen molar-refractivity contribution in [3.05, 3.63) is 52.7 Å². The molecule has 2 N–H and O–H groups in total. The molecule has 2 rings (SSSR count). The minimum Gasteiger partial charge on any atom is -0.373 e. The number of alkyl halides is 4. The number of hydrogen-bond donors (Lipinski definition) is 2. The first kappa shape index (κ1) is 20.9. The highest BCUT2D eigenvalue weighted by Gasteiger charge is 2.40. The molecule has 0 spiro atoms. The van der Waals surface area contributed by atoms with Gasteiger partial charge in [0.25, 0.3) is 5.91 Å². The predicted molar refractivity (Wildman–Crippen MR) is 93.8 cm³/mol. The molecule has 1 aromatic heterocycles. The molecule has 27 heavy (non-hydrogen) atoms. The van der Waals surface area contributed by atoms with E-state index in [0.29, 0.717) is 17.1 Å². The van der Waals surface area contributed by atoms with Gasteiger partial charge in [0.05, 0.1) is 6.61 Å². The minimum atomic E-state index is -4.21. The van der Waals surface area contributed by atoms with Gasteiger partial charge in [-0.3, -0.25) is 4.79 Å². The minimum absolute atomic E-state index is 0.133. The molecule has 0 fully saturated rings. The third-order valence-electron chi connectivity index (χ3n) is 3.38. The van der Waals surface area contributed by atoms with Crippen molar-refractivity contribution >= 4 is 29.0 Å². The first-order valence-corrected chi connectivity index (χ1v) is 8.08. The van der Waals surface area contributed by atoms with Gasteiger partial charge in [0.2, 0.25) is 0 Å². The first-order chi connectivity index (χ1) is 12.7. The molecule has 0 aliphatic carbocycles. The molecule has 0 saturated heterocycles. The summed E-state index contributed by atoms with van der Waals surface area (Å²) in [7, 11) is 1.63. The largest absolute Gasteiger partial charge is 0.373 e. The molecule has 10 heteroatoms. The zero-order chi connectivity index (χ0) is 20.0. The number of nitrogens with one attached hydrogen (secondary N) is 2. The molecule has 5 nitrogen and oxygen atoms in total. The summed E-state index contributed by atoms with van der Waals surface area (Å²) in [6.07, 6.45) is -3.79. The van der Waals surface area contributed by atoms with Crippen LogP contribution < -0.4 is 10.6 Å². The van der Waals surface area contributed by atoms with Crippen molar-refractivity contribution in [2.75, 3.05) is 24.3 Å². The van der Waals surface area contributed by atoms with E-state index in [4.69, 9.17) is 11.6 Å². The monoisotopic (exact) mass is 405 g/mol. The molecular formula is C17H16ClF4N3O2. The van der Waals surface area contributed by atoms with E-state index in [-0.39, 0.29) is 17.3 Å². The van der Waals surface area contributed by atoms with E-state index in [2.05, 4.69) is 20.4 Å². The van der Waals surface area contributed by atoms with Crippen LogP contribution in [0.4, 0.5) is 29.1 Å². The zero-order valence-electron chi connectivity index (χ0n) is 14.1. The fraction of sp³-hybridized carbons (Fsp3) is 0.294. The Kier molecular flexibility index (Phi) is 6.98. The summed E-state index contributed by atoms with van der Waals surface area (Å²) in [4.78, 5) is 16.3. The molecule has 0 aliphatic rings. The molecule has 0 aliphatic heterocycles. The number of nitrogens with zero attached hydrogens (tertiary/aromatic N) is 1. The maximum Gasteiger partial charge on any atom is 0.330 e. The molecule has 1 aromatic carbocycles. The van der Waals surface area contributed by atoms with Crippen molar-refractivity contribution in [2.45, 2.75) is 19.0 Å². The molecule has 0 atom stereocenters. The number of halogens is 5. The number of anilines is 2. The van der Waals surface area contributed by atoms with Crippen molar-refractivity contribution in [2.24, 2.45) is 0 Å². The summed E-state index contributed by atoms with van der Waals surface area (Å²) in [6.45, 7) is -1.71. The molecule has 0 bridgehead atoms. The highest BCUT2D eigenvalue weighted by Crippen LogP contribution is 2.23. The lowest BCUT2D eigenvalue weighted by Crippen LogP contribution is -2.32. The van der Waals surface area contributed by atoms with Crippen LogP contribution in [0.15, 0.2) is 36.4 Å². The summed E-state index contributed by atoms with van der Waals surface area (Å²) >= 11 is 5.85. The topological polar surface area (TPSA) is 63.2 Å². The summed E-state index contributed by atoms with van der Waals surface area (Å²) in [5.41, 5.74) is 1.07. The third-order valence-corrected chi connectivity index (χ3v) is 3.57. The molecule has 146 valence electrons. The van der Waals surface area contributed by atoms with Gasteiger partial charge in [-0.05, 0) is 29.8 Å². The van der Waals surface area contributed by atoms with Crippen LogP contribution in [0.1, 0.15) is 15.9 Å². The Hall–Kier alpha value is -2.39. The maximum atomic E-state index is 12.8. The summed E-state index contributed by atoms with van der Waals surface area (Å²) in [5.74, 6) is -4.26. The SMILES string of the molecule is CNc1cc(C(=O)Nc2cccc(COCC(F)(F)C(F)F)c2)cc(Cl)n1. The van der Waals surface area contributed by atoms with Crippen LogP contribution in [0.25, 0.3) is 0 Å². The van der Waals surface area contributed by atoms with Gasteiger partial charge in [0.15, 0.2) is 0 Å². The fourth-order valence-corrected chi connectivity index (χ4v) is 2.27. The molecule has 0 unspecified atom stereocenters. The van der Waals surface area contributed by atoms with Crippen LogP contribution in [-0.4, -0.2) is 36.9 Å². The van der Waals surface area contributed by atoms with E-state index in [1.54, 1.807) is 25.2 Å². The average Bonchev–Trinajstić information content (AvgIpc) is 2.61. The average molecular weight is 406 g/mol. The highest BCUT2D eigenvalue weighted by atomic mass is 35.5. The van der Waals surface area contributed by atoms with Gasteiger partial charge in [-0.1, -0.05) is 23.7 Å². The van der Waals surface area contributed by atoms with Crippen LogP contribution in [0, 0.1) is 0 Å². The summed E-state index contributed by atoms with van der Waals surface area (Å²) in [6, 6.07) is 9.07. The van der Waals surface area contributed by atoms with E-state index >= 15 is 0 Å². The Morgan fingerprint density at radius 2 is 2.04 bits per heavy atom. The van der Waals surface area contributed by atoms with Crippen LogP contribution in [0.3, 0.4) is 0 Å². The maximum absolute atomic E-state index is 12.8. The lowest BCUT2D eigenvalue weighted by molar-refractivity contribution is -0.168. The number of hydrogen-bond acceptors (Lipinski definition) is 4. The van der Waals surface area contributed by atoms with Crippen LogP contribution in [-0.2, 0) is 11.3 Å². The van der Waals surface area contributed by atoms with Gasteiger partial charge in [0.1, 0.15) is 17.6 Å². The van der Waals surface area contributed by atoms with E-state index in [1.807, 2.05) is 0 Å². The molecular weight excluding hydrogens is 390 g/mol. The number of carbonyl (C=O) groups excluding carboxylic acids is 1. The van der Waals surface area contributed by atoms with E-state index in [9.17, 15) is 22.4 Å². The van der Waals surface area contributed by atoms with E-state index in [1.165, 1.54) is 18.2 Å². The number of ether oxygens (including phenoxy) is 1. The number of benzene rings is 1. The Morgan fingerprint density at radius 3 is 2.70 bits per heavy atom. The van der Waals surface area contributed by atoms with Gasteiger partial charge in [0, 0.05) is 18.3 Å².